The minimum Gasteiger partial charge on any atom is -0.337 e. The molecule has 0 saturated carbocycles. The third kappa shape index (κ3) is 3.45. The van der Waals surface area contributed by atoms with Crippen LogP contribution in [0.2, 0.25) is 0 Å². The van der Waals surface area contributed by atoms with E-state index < -0.39 is 0 Å². The highest BCUT2D eigenvalue weighted by Gasteiger charge is 2.25. The Bertz CT molecular complexity index is 810. The summed E-state index contributed by atoms with van der Waals surface area (Å²) in [5.74, 6) is 0.0946. The van der Waals surface area contributed by atoms with Crippen LogP contribution in [0, 0.1) is 0 Å². The molecule has 1 saturated heterocycles. The molecule has 0 N–H and O–H groups in total. The highest BCUT2D eigenvalue weighted by Crippen LogP contribution is 2.22. The van der Waals surface area contributed by atoms with Crippen molar-refractivity contribution in [1.82, 2.24) is 29.2 Å². The Morgan fingerprint density at radius 3 is 2.76 bits per heavy atom. The van der Waals surface area contributed by atoms with Gasteiger partial charge in [0.25, 0.3) is 5.91 Å². The van der Waals surface area contributed by atoms with E-state index in [1.165, 1.54) is 6.33 Å². The van der Waals surface area contributed by atoms with Crippen LogP contribution in [0.25, 0.3) is 0 Å². The summed E-state index contributed by atoms with van der Waals surface area (Å²) in [7, 11) is 0. The molecule has 1 unspecified atom stereocenters. The van der Waals surface area contributed by atoms with E-state index in [0.717, 1.165) is 37.1 Å². The number of amides is 1. The van der Waals surface area contributed by atoms with E-state index in [1.54, 1.807) is 17.2 Å². The van der Waals surface area contributed by atoms with Crippen LogP contribution in [0.15, 0.2) is 55.6 Å². The highest BCUT2D eigenvalue weighted by molar-refractivity contribution is 5.94. The van der Waals surface area contributed by atoms with Crippen molar-refractivity contribution in [2.45, 2.75) is 25.4 Å². The monoisotopic (exact) mass is 336 g/mol. The first-order valence-electron chi connectivity index (χ1n) is 8.47. The molecular formula is C18H20N6O. The second kappa shape index (κ2) is 6.88. The summed E-state index contributed by atoms with van der Waals surface area (Å²) in [5, 5.41) is 4.10. The van der Waals surface area contributed by atoms with Crippen molar-refractivity contribution in [2.24, 2.45) is 0 Å². The van der Waals surface area contributed by atoms with Gasteiger partial charge >= 0.3 is 0 Å². The van der Waals surface area contributed by atoms with Crippen LogP contribution >= 0.6 is 0 Å². The van der Waals surface area contributed by atoms with E-state index in [1.807, 2.05) is 41.7 Å². The standard InChI is InChI=1S/C18H20N6O/c25-18(22-8-1-2-17(11-22)23-9-7-19-13-23)16-5-3-15(4-6-16)10-24-14-20-12-21-24/h3-7,9,12-14,17H,1-2,8,10-11H2. The molecule has 1 amide bonds. The molecule has 0 radical (unpaired) electrons. The van der Waals surface area contributed by atoms with Crippen molar-refractivity contribution in [2.75, 3.05) is 13.1 Å². The van der Waals surface area contributed by atoms with Gasteiger partial charge in [-0.2, -0.15) is 5.10 Å². The maximum absolute atomic E-state index is 12.8. The summed E-state index contributed by atoms with van der Waals surface area (Å²) < 4.78 is 3.86. The summed E-state index contributed by atoms with van der Waals surface area (Å²) in [4.78, 5) is 22.8. The average molecular weight is 336 g/mol. The molecule has 1 aliphatic rings. The van der Waals surface area contributed by atoms with Crippen molar-refractivity contribution >= 4 is 5.91 Å². The van der Waals surface area contributed by atoms with Crippen LogP contribution in [-0.2, 0) is 6.54 Å². The number of benzene rings is 1. The predicted octanol–water partition coefficient (Wildman–Crippen LogP) is 2.00. The Balaban J connectivity index is 1.43. The van der Waals surface area contributed by atoms with Crippen molar-refractivity contribution in [3.05, 3.63) is 66.8 Å². The van der Waals surface area contributed by atoms with Gasteiger partial charge in [0.15, 0.2) is 0 Å². The number of carbonyl (C=O) groups excluding carboxylic acids is 1. The van der Waals surface area contributed by atoms with Crippen LogP contribution < -0.4 is 0 Å². The van der Waals surface area contributed by atoms with E-state index in [2.05, 4.69) is 19.6 Å². The van der Waals surface area contributed by atoms with E-state index >= 15 is 0 Å². The third-order valence-corrected chi connectivity index (χ3v) is 4.64. The van der Waals surface area contributed by atoms with E-state index in [-0.39, 0.29) is 5.91 Å². The molecule has 0 aliphatic carbocycles. The zero-order valence-electron chi connectivity index (χ0n) is 13.9. The summed E-state index contributed by atoms with van der Waals surface area (Å²) in [6.07, 6.45) is 10.9. The first-order valence-corrected chi connectivity index (χ1v) is 8.47. The molecule has 1 aliphatic heterocycles. The number of carbonyl (C=O) groups is 1. The molecule has 0 bridgehead atoms. The number of piperidine rings is 1. The lowest BCUT2D eigenvalue weighted by atomic mass is 10.0. The molecule has 1 atom stereocenters. The predicted molar refractivity (Wildman–Crippen MR) is 92.0 cm³/mol. The Morgan fingerprint density at radius 1 is 1.16 bits per heavy atom. The number of hydrogen-bond acceptors (Lipinski definition) is 4. The van der Waals surface area contributed by atoms with E-state index in [9.17, 15) is 4.79 Å². The zero-order chi connectivity index (χ0) is 17.1. The van der Waals surface area contributed by atoms with Gasteiger partial charge in [-0.25, -0.2) is 14.6 Å². The molecule has 1 fully saturated rings. The lowest BCUT2D eigenvalue weighted by Crippen LogP contribution is -2.40. The Hall–Kier alpha value is -2.96. The summed E-state index contributed by atoms with van der Waals surface area (Å²) >= 11 is 0. The molecule has 4 rings (SSSR count). The molecule has 3 aromatic rings. The Labute approximate surface area is 145 Å². The van der Waals surface area contributed by atoms with Gasteiger partial charge in [0, 0.05) is 31.0 Å². The molecule has 7 heteroatoms. The number of likely N-dealkylation sites (tertiary alicyclic amines) is 1. The number of hydrogen-bond donors (Lipinski definition) is 0. The SMILES string of the molecule is O=C(c1ccc(Cn2cncn2)cc1)N1CCCC(n2ccnc2)C1. The minimum atomic E-state index is 0.0946. The number of nitrogens with zero attached hydrogens (tertiary/aromatic N) is 6. The second-order valence-electron chi connectivity index (χ2n) is 6.35. The maximum atomic E-state index is 12.8. The summed E-state index contributed by atoms with van der Waals surface area (Å²) in [6, 6.07) is 8.07. The molecule has 7 nitrogen and oxygen atoms in total. The van der Waals surface area contributed by atoms with Crippen LogP contribution in [0.4, 0.5) is 0 Å². The van der Waals surface area contributed by atoms with Crippen LogP contribution in [0.1, 0.15) is 34.8 Å². The third-order valence-electron chi connectivity index (χ3n) is 4.64. The maximum Gasteiger partial charge on any atom is 0.253 e. The van der Waals surface area contributed by atoms with Crippen LogP contribution in [-0.4, -0.2) is 48.2 Å². The first kappa shape index (κ1) is 15.6. The lowest BCUT2D eigenvalue weighted by Gasteiger charge is -2.33. The Kier molecular flexibility index (Phi) is 4.28. The second-order valence-corrected chi connectivity index (χ2v) is 6.35. The van der Waals surface area contributed by atoms with Crippen molar-refractivity contribution in [3.8, 4) is 0 Å². The van der Waals surface area contributed by atoms with Gasteiger partial charge in [0.2, 0.25) is 0 Å². The number of imidazole rings is 1. The lowest BCUT2D eigenvalue weighted by molar-refractivity contribution is 0.0679. The topological polar surface area (TPSA) is 68.8 Å². The Morgan fingerprint density at radius 2 is 2.04 bits per heavy atom. The van der Waals surface area contributed by atoms with Crippen molar-refractivity contribution in [1.29, 1.82) is 0 Å². The largest absolute Gasteiger partial charge is 0.337 e. The fourth-order valence-corrected chi connectivity index (χ4v) is 3.30. The van der Waals surface area contributed by atoms with Gasteiger partial charge < -0.3 is 9.47 Å². The molecule has 3 heterocycles. The molecule has 1 aromatic carbocycles. The molecule has 25 heavy (non-hydrogen) atoms. The van der Waals surface area contributed by atoms with Crippen LogP contribution in [0.3, 0.4) is 0 Å². The van der Waals surface area contributed by atoms with Crippen molar-refractivity contribution in [3.63, 3.8) is 0 Å². The smallest absolute Gasteiger partial charge is 0.253 e. The fraction of sp³-hybridized carbons (Fsp3) is 0.333. The van der Waals surface area contributed by atoms with Gasteiger partial charge in [-0.15, -0.1) is 0 Å². The zero-order valence-corrected chi connectivity index (χ0v) is 13.9. The van der Waals surface area contributed by atoms with Gasteiger partial charge in [-0.1, -0.05) is 12.1 Å². The van der Waals surface area contributed by atoms with Gasteiger partial charge in [-0.05, 0) is 30.5 Å². The average Bonchev–Trinajstić information content (AvgIpc) is 3.36. The van der Waals surface area contributed by atoms with Crippen molar-refractivity contribution < 1.29 is 4.79 Å². The minimum absolute atomic E-state index is 0.0946. The van der Waals surface area contributed by atoms with E-state index in [0.29, 0.717) is 12.6 Å². The highest BCUT2D eigenvalue weighted by atomic mass is 16.2. The number of rotatable bonds is 4. The van der Waals surface area contributed by atoms with Gasteiger partial charge in [0.1, 0.15) is 12.7 Å². The summed E-state index contributed by atoms with van der Waals surface area (Å²) in [6.45, 7) is 2.20. The molecule has 2 aromatic heterocycles. The molecule has 0 spiro atoms. The van der Waals surface area contributed by atoms with E-state index in [4.69, 9.17) is 0 Å². The van der Waals surface area contributed by atoms with Crippen LogP contribution in [0.5, 0.6) is 0 Å². The quantitative estimate of drug-likeness (QED) is 0.731. The van der Waals surface area contributed by atoms with Gasteiger partial charge in [0.05, 0.1) is 18.9 Å². The normalized spacial score (nSPS) is 17.6. The molecular weight excluding hydrogens is 316 g/mol. The first-order chi connectivity index (χ1) is 12.3. The fourth-order valence-electron chi connectivity index (χ4n) is 3.30. The number of aromatic nitrogens is 5. The summed E-state index contributed by atoms with van der Waals surface area (Å²) in [5.41, 5.74) is 1.82. The van der Waals surface area contributed by atoms with Gasteiger partial charge in [-0.3, -0.25) is 4.79 Å². The molecule has 128 valence electrons.